The Morgan fingerprint density at radius 2 is 1.70 bits per heavy atom. The lowest BCUT2D eigenvalue weighted by Crippen LogP contribution is -2.65. The van der Waals surface area contributed by atoms with Crippen molar-refractivity contribution in [3.63, 3.8) is 0 Å². The molecule has 15 nitrogen and oxygen atoms in total. The zero-order chi connectivity index (χ0) is 39.9. The molecule has 2 aromatic heterocycles. The Kier molecular flexibility index (Phi) is 10.7. The van der Waals surface area contributed by atoms with Crippen LogP contribution in [0.5, 0.6) is 5.75 Å². The molecule has 0 bridgehead atoms. The normalized spacial score (nSPS) is 18.8. The molecular formula is C38H36BClN8O7S. The standard InChI is InChI=1S/C38H36BClN8O7S/c1-19-20(2)56-36-30(19)32(22-9-11-23(40)12-10-22)43-25(33-46-45-21(3)47(33)36)17-28(50)41-15-4-5-16-42-29(51)18-55-26-8-6-7-24-31(26)35(53)48(34(24)52)38(39)14-13-27(49)44-37(38)54/h6-12,25H,4-5,13-18H2,1-3H3,(H,41,50)(H,42,51)(H,44,49,54)/t25-,38?/m0/s1. The summed E-state index contributed by atoms with van der Waals surface area (Å²) in [6.07, 6.45) is 0.790. The van der Waals surface area contributed by atoms with Crippen LogP contribution in [-0.4, -0.2) is 93.8 Å². The number of unbranched alkanes of at least 4 members (excludes halogenated alkanes) is 1. The van der Waals surface area contributed by atoms with Gasteiger partial charge in [0.05, 0.1) is 28.7 Å². The van der Waals surface area contributed by atoms with Crippen LogP contribution in [0.3, 0.4) is 0 Å². The fourth-order valence-corrected chi connectivity index (χ4v) is 8.29. The van der Waals surface area contributed by atoms with E-state index in [4.69, 9.17) is 29.2 Å². The molecule has 1 fully saturated rings. The number of aromatic nitrogens is 3. The van der Waals surface area contributed by atoms with E-state index in [1.165, 1.54) is 18.2 Å². The molecular weight excluding hydrogens is 759 g/mol. The molecule has 4 aromatic rings. The van der Waals surface area contributed by atoms with Gasteiger partial charge in [0, 0.05) is 40.5 Å². The van der Waals surface area contributed by atoms with Gasteiger partial charge in [-0.15, -0.1) is 21.5 Å². The summed E-state index contributed by atoms with van der Waals surface area (Å²) >= 11 is 7.84. The number of imide groups is 2. The highest BCUT2D eigenvalue weighted by atomic mass is 35.5. The van der Waals surface area contributed by atoms with Crippen molar-refractivity contribution in [3.8, 4) is 10.8 Å². The van der Waals surface area contributed by atoms with E-state index in [0.29, 0.717) is 47.5 Å². The maximum Gasteiger partial charge on any atom is 0.265 e. The molecule has 56 heavy (non-hydrogen) atoms. The monoisotopic (exact) mass is 794 g/mol. The highest BCUT2D eigenvalue weighted by Gasteiger charge is 2.53. The molecule has 1 saturated heterocycles. The smallest absolute Gasteiger partial charge is 0.265 e. The van der Waals surface area contributed by atoms with Crippen molar-refractivity contribution in [2.75, 3.05) is 19.7 Å². The third-order valence-electron chi connectivity index (χ3n) is 10.00. The van der Waals surface area contributed by atoms with Gasteiger partial charge in [0.2, 0.25) is 17.7 Å². The van der Waals surface area contributed by atoms with Crippen molar-refractivity contribution in [1.82, 2.24) is 35.6 Å². The van der Waals surface area contributed by atoms with Crippen LogP contribution < -0.4 is 20.7 Å². The quantitative estimate of drug-likeness (QED) is 0.110. The number of ether oxygens (including phenoxy) is 1. The van der Waals surface area contributed by atoms with Crippen molar-refractivity contribution >= 4 is 71.9 Å². The van der Waals surface area contributed by atoms with E-state index in [0.717, 1.165) is 32.3 Å². The number of benzene rings is 2. The van der Waals surface area contributed by atoms with Gasteiger partial charge in [0.25, 0.3) is 17.7 Å². The van der Waals surface area contributed by atoms with Gasteiger partial charge in [-0.2, -0.15) is 0 Å². The molecule has 2 atom stereocenters. The predicted octanol–water partition coefficient (Wildman–Crippen LogP) is 3.18. The van der Waals surface area contributed by atoms with Crippen LogP contribution in [0.25, 0.3) is 5.00 Å². The molecule has 1 unspecified atom stereocenters. The fourth-order valence-electron chi connectivity index (χ4n) is 6.95. The summed E-state index contributed by atoms with van der Waals surface area (Å²) < 4.78 is 7.63. The minimum Gasteiger partial charge on any atom is -0.483 e. The van der Waals surface area contributed by atoms with E-state index < -0.39 is 47.6 Å². The van der Waals surface area contributed by atoms with Crippen LogP contribution in [0.15, 0.2) is 47.5 Å². The molecule has 18 heteroatoms. The summed E-state index contributed by atoms with van der Waals surface area (Å²) in [7, 11) is 6.20. The van der Waals surface area contributed by atoms with E-state index in [9.17, 15) is 28.8 Å². The van der Waals surface area contributed by atoms with Crippen LogP contribution in [0.1, 0.15) is 92.1 Å². The first-order valence-electron chi connectivity index (χ1n) is 18.0. The molecule has 2 aromatic carbocycles. The molecule has 0 saturated carbocycles. The van der Waals surface area contributed by atoms with Crippen LogP contribution >= 0.6 is 22.9 Å². The second-order valence-corrected chi connectivity index (χ2v) is 15.4. The summed E-state index contributed by atoms with van der Waals surface area (Å²) in [5.41, 5.74) is 1.51. The molecule has 2 radical (unpaired) electrons. The summed E-state index contributed by atoms with van der Waals surface area (Å²) in [5, 5.41) is 18.1. The molecule has 286 valence electrons. The van der Waals surface area contributed by atoms with E-state index in [1.807, 2.05) is 35.8 Å². The lowest BCUT2D eigenvalue weighted by atomic mass is 9.70. The molecule has 0 spiro atoms. The zero-order valence-corrected chi connectivity index (χ0v) is 32.3. The fraction of sp³-hybridized carbons (Fsp3) is 0.342. The zero-order valence-electron chi connectivity index (χ0n) is 30.7. The summed E-state index contributed by atoms with van der Waals surface area (Å²) in [6, 6.07) is 11.2. The Morgan fingerprint density at radius 1 is 0.982 bits per heavy atom. The molecule has 5 heterocycles. The third kappa shape index (κ3) is 7.12. The lowest BCUT2D eigenvalue weighted by Gasteiger charge is -2.38. The summed E-state index contributed by atoms with van der Waals surface area (Å²) in [4.78, 5) is 83.6. The topological polar surface area (TPSA) is 194 Å². The number of carbonyl (C=O) groups is 6. The third-order valence-corrected chi connectivity index (χ3v) is 11.4. The summed E-state index contributed by atoms with van der Waals surface area (Å²) in [6.45, 7) is 6.22. The van der Waals surface area contributed by atoms with Gasteiger partial charge < -0.3 is 15.4 Å². The van der Waals surface area contributed by atoms with Crippen molar-refractivity contribution in [2.24, 2.45) is 4.99 Å². The second-order valence-electron chi connectivity index (χ2n) is 13.7. The SMILES string of the molecule is [B]C1(N2C(=O)c3cccc(OCC(=O)NCCCCNC(=O)C[C@@H]4N=C(c5ccc(Cl)cc5)c5c(sc(C)c5C)-n5c(C)nnc54)c3C2=O)CCC(=O)NC1=O. The number of amides is 6. The van der Waals surface area contributed by atoms with Crippen molar-refractivity contribution in [1.29, 1.82) is 0 Å². The average Bonchev–Trinajstić information content (AvgIpc) is 3.75. The van der Waals surface area contributed by atoms with Crippen LogP contribution in [0.4, 0.5) is 0 Å². The van der Waals surface area contributed by atoms with Gasteiger partial charge in [0.15, 0.2) is 12.4 Å². The first-order valence-corrected chi connectivity index (χ1v) is 19.2. The highest BCUT2D eigenvalue weighted by Crippen LogP contribution is 2.40. The Balaban J connectivity index is 0.912. The number of carbonyl (C=O) groups excluding carboxylic acids is 6. The lowest BCUT2D eigenvalue weighted by molar-refractivity contribution is -0.138. The van der Waals surface area contributed by atoms with Gasteiger partial charge in [-0.05, 0) is 69.9 Å². The van der Waals surface area contributed by atoms with Gasteiger partial charge in [-0.3, -0.25) is 48.5 Å². The van der Waals surface area contributed by atoms with Crippen molar-refractivity contribution in [3.05, 3.63) is 91.8 Å². The molecule has 0 aliphatic carbocycles. The average molecular weight is 795 g/mol. The van der Waals surface area contributed by atoms with Gasteiger partial charge in [-0.25, -0.2) is 0 Å². The number of halogens is 1. The second kappa shape index (κ2) is 15.5. The first-order chi connectivity index (χ1) is 26.8. The maximum absolute atomic E-state index is 13.4. The maximum atomic E-state index is 13.4. The number of thiophene rings is 1. The largest absolute Gasteiger partial charge is 0.483 e. The first kappa shape index (κ1) is 38.6. The summed E-state index contributed by atoms with van der Waals surface area (Å²) in [5.74, 6) is -2.59. The number of hydrogen-bond acceptors (Lipinski definition) is 11. The van der Waals surface area contributed by atoms with Crippen LogP contribution in [0, 0.1) is 20.8 Å². The Bertz CT molecular complexity index is 2340. The molecule has 7 rings (SSSR count). The van der Waals surface area contributed by atoms with Gasteiger partial charge >= 0.3 is 0 Å². The van der Waals surface area contributed by atoms with Crippen molar-refractivity contribution in [2.45, 2.75) is 64.4 Å². The van der Waals surface area contributed by atoms with Crippen LogP contribution in [0.2, 0.25) is 5.02 Å². The number of aliphatic imine (C=N–C) groups is 1. The number of rotatable bonds is 12. The molecule has 3 aliphatic rings. The number of hydrogen-bond donors (Lipinski definition) is 3. The van der Waals surface area contributed by atoms with Crippen molar-refractivity contribution < 1.29 is 33.5 Å². The van der Waals surface area contributed by atoms with E-state index in [1.54, 1.807) is 11.3 Å². The molecule has 6 amide bonds. The minimum atomic E-state index is -2.05. The number of piperidine rings is 1. The Labute approximate surface area is 331 Å². The Hall–Kier alpha value is -5.68. The number of nitrogens with one attached hydrogen (secondary N) is 3. The molecule has 3 aliphatic heterocycles. The van der Waals surface area contributed by atoms with Gasteiger partial charge in [-0.1, -0.05) is 29.8 Å². The van der Waals surface area contributed by atoms with E-state index in [2.05, 4.69) is 40.0 Å². The number of nitrogens with zero attached hydrogens (tertiary/aromatic N) is 5. The Morgan fingerprint density at radius 3 is 2.41 bits per heavy atom. The predicted molar refractivity (Wildman–Crippen MR) is 206 cm³/mol. The van der Waals surface area contributed by atoms with E-state index in [-0.39, 0.29) is 42.0 Å². The number of aryl methyl sites for hydroxylation is 2. The number of fused-ring (bicyclic) bond motifs is 4. The minimum absolute atomic E-state index is 0.0235. The molecule has 3 N–H and O–H groups in total. The van der Waals surface area contributed by atoms with E-state index >= 15 is 0 Å². The highest BCUT2D eigenvalue weighted by molar-refractivity contribution is 7.15. The van der Waals surface area contributed by atoms with Crippen LogP contribution in [-0.2, 0) is 19.2 Å². The van der Waals surface area contributed by atoms with Gasteiger partial charge in [0.1, 0.15) is 30.5 Å².